The number of aryl methyl sites for hydroxylation is 1. The van der Waals surface area contributed by atoms with Crippen LogP contribution < -0.4 is 5.73 Å². The molecule has 3 rings (SSSR count). The normalized spacial score (nSPS) is 28.9. The second kappa shape index (κ2) is 6.06. The van der Waals surface area contributed by atoms with E-state index in [2.05, 4.69) is 31.2 Å². The summed E-state index contributed by atoms with van der Waals surface area (Å²) in [5, 5.41) is 0.419. The standard InChI is InChI=1S/C16H23NO2S/c1-12-3-2-4-13(9-12)11-20-15-10-16(6-5-14(15)17)18-7-8-19-16/h2-4,9,14-15H,5-8,10-11,17H2,1H3. The monoisotopic (exact) mass is 293 g/mol. The average Bonchev–Trinajstić information content (AvgIpc) is 2.89. The highest BCUT2D eigenvalue weighted by Gasteiger charge is 2.44. The number of rotatable bonds is 3. The molecule has 1 aromatic rings. The quantitative estimate of drug-likeness (QED) is 0.931. The number of benzene rings is 1. The Labute approximate surface area is 125 Å². The minimum absolute atomic E-state index is 0.253. The van der Waals surface area contributed by atoms with Crippen molar-refractivity contribution in [1.82, 2.24) is 0 Å². The van der Waals surface area contributed by atoms with E-state index in [1.54, 1.807) is 0 Å². The van der Waals surface area contributed by atoms with Gasteiger partial charge in [-0.25, -0.2) is 0 Å². The van der Waals surface area contributed by atoms with E-state index >= 15 is 0 Å². The van der Waals surface area contributed by atoms with Gasteiger partial charge < -0.3 is 15.2 Å². The molecular formula is C16H23NO2S. The van der Waals surface area contributed by atoms with Crippen LogP contribution in [0.1, 0.15) is 30.4 Å². The second-order valence-electron chi connectivity index (χ2n) is 5.85. The molecule has 0 bridgehead atoms. The predicted octanol–water partition coefficient (Wildman–Crippen LogP) is 2.85. The molecule has 1 aromatic carbocycles. The van der Waals surface area contributed by atoms with E-state index < -0.39 is 0 Å². The van der Waals surface area contributed by atoms with Gasteiger partial charge in [0.1, 0.15) is 0 Å². The molecule has 2 atom stereocenters. The lowest BCUT2D eigenvalue weighted by atomic mass is 9.90. The van der Waals surface area contributed by atoms with Gasteiger partial charge in [0.05, 0.1) is 13.2 Å². The van der Waals surface area contributed by atoms with Gasteiger partial charge in [0.15, 0.2) is 5.79 Å². The van der Waals surface area contributed by atoms with E-state index in [1.165, 1.54) is 11.1 Å². The van der Waals surface area contributed by atoms with Gasteiger partial charge >= 0.3 is 0 Å². The number of thioether (sulfide) groups is 1. The van der Waals surface area contributed by atoms with Gasteiger partial charge in [0, 0.05) is 29.9 Å². The van der Waals surface area contributed by atoms with Gasteiger partial charge in [0.25, 0.3) is 0 Å². The fourth-order valence-corrected chi connectivity index (χ4v) is 4.42. The molecule has 1 aliphatic heterocycles. The number of nitrogens with two attached hydrogens (primary N) is 1. The first-order chi connectivity index (χ1) is 9.67. The van der Waals surface area contributed by atoms with Crippen molar-refractivity contribution >= 4 is 11.8 Å². The smallest absolute Gasteiger partial charge is 0.169 e. The van der Waals surface area contributed by atoms with Crippen LogP contribution in [0.3, 0.4) is 0 Å². The van der Waals surface area contributed by atoms with Crippen molar-refractivity contribution in [2.24, 2.45) is 5.73 Å². The molecule has 1 aliphatic carbocycles. The summed E-state index contributed by atoms with van der Waals surface area (Å²) in [4.78, 5) is 0. The first-order valence-corrected chi connectivity index (χ1v) is 8.42. The molecule has 2 N–H and O–H groups in total. The molecule has 20 heavy (non-hydrogen) atoms. The van der Waals surface area contributed by atoms with Crippen LogP contribution in [0.15, 0.2) is 24.3 Å². The van der Waals surface area contributed by atoms with E-state index in [0.717, 1.165) is 38.2 Å². The topological polar surface area (TPSA) is 44.5 Å². The van der Waals surface area contributed by atoms with Gasteiger partial charge in [-0.2, -0.15) is 11.8 Å². The number of ether oxygens (including phenoxy) is 2. The minimum atomic E-state index is -0.333. The Hall–Kier alpha value is -0.550. The molecule has 0 aromatic heterocycles. The minimum Gasteiger partial charge on any atom is -0.347 e. The first-order valence-electron chi connectivity index (χ1n) is 7.38. The molecule has 1 saturated carbocycles. The second-order valence-corrected chi connectivity index (χ2v) is 7.08. The summed E-state index contributed by atoms with van der Waals surface area (Å²) in [7, 11) is 0. The van der Waals surface area contributed by atoms with Gasteiger partial charge in [-0.05, 0) is 18.9 Å². The van der Waals surface area contributed by atoms with Crippen LogP contribution in [0.4, 0.5) is 0 Å². The zero-order valence-electron chi connectivity index (χ0n) is 12.0. The largest absolute Gasteiger partial charge is 0.347 e. The maximum Gasteiger partial charge on any atom is 0.169 e. The highest BCUT2D eigenvalue weighted by Crippen LogP contribution is 2.40. The Kier molecular flexibility index (Phi) is 4.36. The fraction of sp³-hybridized carbons (Fsp3) is 0.625. The highest BCUT2D eigenvalue weighted by atomic mass is 32.2. The van der Waals surface area contributed by atoms with Crippen molar-refractivity contribution in [3.05, 3.63) is 35.4 Å². The lowest BCUT2D eigenvalue weighted by molar-refractivity contribution is -0.176. The molecule has 2 aliphatic rings. The molecule has 1 saturated heterocycles. The maximum atomic E-state index is 6.29. The SMILES string of the molecule is Cc1cccc(CSC2CC3(CCC2N)OCCO3)c1. The Morgan fingerprint density at radius 3 is 2.90 bits per heavy atom. The summed E-state index contributed by atoms with van der Waals surface area (Å²) in [6.07, 6.45) is 2.85. The molecular weight excluding hydrogens is 270 g/mol. The zero-order valence-corrected chi connectivity index (χ0v) is 12.8. The summed E-state index contributed by atoms with van der Waals surface area (Å²) >= 11 is 1.94. The van der Waals surface area contributed by atoms with Crippen molar-refractivity contribution in [1.29, 1.82) is 0 Å². The lowest BCUT2D eigenvalue weighted by Gasteiger charge is -2.39. The fourth-order valence-electron chi connectivity index (χ4n) is 3.08. The van der Waals surface area contributed by atoms with Crippen molar-refractivity contribution in [2.45, 2.75) is 49.0 Å². The number of hydrogen-bond acceptors (Lipinski definition) is 4. The molecule has 0 amide bonds. The Bertz CT molecular complexity index is 460. The van der Waals surface area contributed by atoms with Gasteiger partial charge in [-0.15, -0.1) is 0 Å². The van der Waals surface area contributed by atoms with Crippen molar-refractivity contribution in [2.75, 3.05) is 13.2 Å². The van der Waals surface area contributed by atoms with Crippen LogP contribution in [0.5, 0.6) is 0 Å². The molecule has 2 fully saturated rings. The summed E-state index contributed by atoms with van der Waals surface area (Å²) < 4.78 is 11.7. The molecule has 110 valence electrons. The maximum absolute atomic E-state index is 6.29. The molecule has 2 unspecified atom stereocenters. The van der Waals surface area contributed by atoms with Crippen LogP contribution in [0, 0.1) is 6.92 Å². The zero-order chi connectivity index (χ0) is 14.0. The van der Waals surface area contributed by atoms with Crippen LogP contribution in [-0.2, 0) is 15.2 Å². The predicted molar refractivity (Wildman–Crippen MR) is 82.7 cm³/mol. The van der Waals surface area contributed by atoms with Crippen molar-refractivity contribution < 1.29 is 9.47 Å². The first kappa shape index (κ1) is 14.4. The molecule has 3 nitrogen and oxygen atoms in total. The molecule has 4 heteroatoms. The Morgan fingerprint density at radius 2 is 2.15 bits per heavy atom. The number of hydrogen-bond donors (Lipinski definition) is 1. The third-order valence-electron chi connectivity index (χ3n) is 4.21. The molecule has 1 heterocycles. The van der Waals surface area contributed by atoms with E-state index in [9.17, 15) is 0 Å². The van der Waals surface area contributed by atoms with Crippen molar-refractivity contribution in [3.8, 4) is 0 Å². The average molecular weight is 293 g/mol. The van der Waals surface area contributed by atoms with Crippen LogP contribution in [0.2, 0.25) is 0 Å². The molecule has 1 spiro atoms. The van der Waals surface area contributed by atoms with E-state index in [0.29, 0.717) is 5.25 Å². The van der Waals surface area contributed by atoms with E-state index in [4.69, 9.17) is 15.2 Å². The highest BCUT2D eigenvalue weighted by molar-refractivity contribution is 7.99. The summed E-state index contributed by atoms with van der Waals surface area (Å²) in [5.74, 6) is 0.677. The van der Waals surface area contributed by atoms with Gasteiger partial charge in [-0.1, -0.05) is 29.8 Å². The van der Waals surface area contributed by atoms with Gasteiger partial charge in [0.2, 0.25) is 0 Å². The van der Waals surface area contributed by atoms with Gasteiger partial charge in [-0.3, -0.25) is 0 Å². The summed E-state index contributed by atoms with van der Waals surface area (Å²) in [6, 6.07) is 8.95. The van der Waals surface area contributed by atoms with Crippen LogP contribution in [0.25, 0.3) is 0 Å². The summed E-state index contributed by atoms with van der Waals surface area (Å²) in [6.45, 7) is 3.59. The van der Waals surface area contributed by atoms with Crippen LogP contribution >= 0.6 is 11.8 Å². The van der Waals surface area contributed by atoms with Crippen LogP contribution in [-0.4, -0.2) is 30.3 Å². The van der Waals surface area contributed by atoms with Crippen molar-refractivity contribution in [3.63, 3.8) is 0 Å². The van der Waals surface area contributed by atoms with E-state index in [1.807, 2.05) is 11.8 Å². The van der Waals surface area contributed by atoms with E-state index in [-0.39, 0.29) is 11.8 Å². The third kappa shape index (κ3) is 3.19. The third-order valence-corrected chi connectivity index (χ3v) is 5.65. The lowest BCUT2D eigenvalue weighted by Crippen LogP contribution is -2.47. The molecule has 0 radical (unpaired) electrons. The Balaban J connectivity index is 1.60. The summed E-state index contributed by atoms with van der Waals surface area (Å²) in [5.41, 5.74) is 8.98. The Morgan fingerprint density at radius 1 is 1.35 bits per heavy atom.